The maximum Gasteiger partial charge on any atom is 0.266 e. The van der Waals surface area contributed by atoms with Crippen molar-refractivity contribution in [2.75, 3.05) is 26.1 Å². The second kappa shape index (κ2) is 14.0. The van der Waals surface area contributed by atoms with Crippen molar-refractivity contribution in [1.29, 1.82) is 0 Å². The Labute approximate surface area is 251 Å². The highest BCUT2D eigenvalue weighted by Crippen LogP contribution is 2.38. The summed E-state index contributed by atoms with van der Waals surface area (Å²) in [5.41, 5.74) is 8.35. The van der Waals surface area contributed by atoms with Crippen molar-refractivity contribution < 1.29 is 14.3 Å². The molecule has 0 atom stereocenters. The van der Waals surface area contributed by atoms with Crippen molar-refractivity contribution in [2.24, 2.45) is 5.73 Å². The molecule has 1 aliphatic carbocycles. The minimum absolute atomic E-state index is 0.0132. The average Bonchev–Trinajstić information content (AvgIpc) is 3.36. The molecule has 1 aromatic heterocycles. The second-order valence-corrected chi connectivity index (χ2v) is 11.5. The van der Waals surface area contributed by atoms with E-state index in [1.54, 1.807) is 26.0 Å². The Balaban J connectivity index is 0.00000189. The number of methoxy groups -OCH3 is 1. The number of halogens is 1. The minimum Gasteiger partial charge on any atom is -0.496 e. The van der Waals surface area contributed by atoms with Crippen LogP contribution in [-0.2, 0) is 11.3 Å². The highest BCUT2D eigenvalue weighted by atomic mass is 35.5. The van der Waals surface area contributed by atoms with Crippen molar-refractivity contribution in [3.8, 4) is 16.9 Å². The summed E-state index contributed by atoms with van der Waals surface area (Å²) in [6, 6.07) is 22.1. The zero-order chi connectivity index (χ0) is 29.5. The molecule has 4 aromatic rings. The molecule has 216 valence electrons. The number of thiophene rings is 1. The lowest BCUT2D eigenvalue weighted by molar-refractivity contribution is -0.116. The van der Waals surface area contributed by atoms with Crippen LogP contribution in [0.5, 0.6) is 5.75 Å². The monoisotopic (exact) mass is 591 g/mol. The van der Waals surface area contributed by atoms with Crippen molar-refractivity contribution in [3.05, 3.63) is 82.2 Å². The largest absolute Gasteiger partial charge is 0.496 e. The van der Waals surface area contributed by atoms with E-state index in [-0.39, 0.29) is 17.9 Å². The van der Waals surface area contributed by atoms with Crippen LogP contribution < -0.4 is 15.4 Å². The lowest BCUT2D eigenvalue weighted by atomic mass is 9.93. The van der Waals surface area contributed by atoms with Gasteiger partial charge in [0.1, 0.15) is 10.6 Å². The predicted octanol–water partition coefficient (Wildman–Crippen LogP) is 7.76. The topological polar surface area (TPSA) is 75.9 Å². The van der Waals surface area contributed by atoms with E-state index in [0.29, 0.717) is 16.4 Å². The van der Waals surface area contributed by atoms with Crippen LogP contribution in [0.2, 0.25) is 5.02 Å². The number of nitrogens with two attached hydrogens (primary N) is 1. The van der Waals surface area contributed by atoms with E-state index in [2.05, 4.69) is 11.8 Å². The normalized spacial score (nSPS) is 13.3. The molecule has 0 unspecified atom stereocenters. The van der Waals surface area contributed by atoms with Crippen LogP contribution in [0.4, 0.5) is 5.69 Å². The summed E-state index contributed by atoms with van der Waals surface area (Å²) in [7, 11) is 4.93. The number of carbonyl (C=O) groups excluding carboxylic acids is 2. The SMILES string of the molecule is CN.COc1ccc(-c2ccc(N(C)C(C)=O)cc2)cc1CN(C(=O)c1sc2ccccc2c1Cl)C1CCCCC1. The van der Waals surface area contributed by atoms with E-state index < -0.39 is 0 Å². The van der Waals surface area contributed by atoms with Crippen molar-refractivity contribution in [2.45, 2.75) is 51.6 Å². The van der Waals surface area contributed by atoms with Gasteiger partial charge in [-0.3, -0.25) is 9.59 Å². The third kappa shape index (κ3) is 6.75. The molecular formula is C33H38ClN3O3S. The number of benzene rings is 3. The molecule has 1 heterocycles. The predicted molar refractivity (Wildman–Crippen MR) is 171 cm³/mol. The highest BCUT2D eigenvalue weighted by molar-refractivity contribution is 7.21. The van der Waals surface area contributed by atoms with Crippen LogP contribution >= 0.6 is 22.9 Å². The number of nitrogens with zero attached hydrogens (tertiary/aromatic N) is 2. The molecule has 2 amide bonds. The van der Waals surface area contributed by atoms with E-state index in [1.807, 2.05) is 65.6 Å². The van der Waals surface area contributed by atoms with E-state index in [9.17, 15) is 9.59 Å². The van der Waals surface area contributed by atoms with Gasteiger partial charge in [-0.2, -0.15) is 0 Å². The van der Waals surface area contributed by atoms with Crippen LogP contribution in [0, 0.1) is 0 Å². The van der Waals surface area contributed by atoms with Crippen LogP contribution in [-0.4, -0.2) is 44.0 Å². The Bertz CT molecular complexity index is 1500. The summed E-state index contributed by atoms with van der Waals surface area (Å²) >= 11 is 8.24. The molecule has 1 aliphatic rings. The van der Waals surface area contributed by atoms with Gasteiger partial charge in [0, 0.05) is 47.9 Å². The zero-order valence-electron chi connectivity index (χ0n) is 24.2. The summed E-state index contributed by atoms with van der Waals surface area (Å²) in [5, 5.41) is 1.47. The Morgan fingerprint density at radius 2 is 1.63 bits per heavy atom. The lowest BCUT2D eigenvalue weighted by Gasteiger charge is -2.34. The first kappa shape index (κ1) is 30.6. The van der Waals surface area contributed by atoms with Crippen molar-refractivity contribution >= 4 is 50.5 Å². The summed E-state index contributed by atoms with van der Waals surface area (Å²) in [6.45, 7) is 1.99. The molecule has 0 radical (unpaired) electrons. The number of anilines is 1. The molecule has 0 spiro atoms. The van der Waals surface area contributed by atoms with Gasteiger partial charge in [0.2, 0.25) is 5.91 Å². The van der Waals surface area contributed by atoms with Gasteiger partial charge < -0.3 is 20.3 Å². The van der Waals surface area contributed by atoms with Crippen LogP contribution in [0.1, 0.15) is 54.3 Å². The van der Waals surface area contributed by atoms with Crippen molar-refractivity contribution in [3.63, 3.8) is 0 Å². The van der Waals surface area contributed by atoms with Crippen molar-refractivity contribution in [1.82, 2.24) is 4.90 Å². The summed E-state index contributed by atoms with van der Waals surface area (Å²) < 4.78 is 6.77. The van der Waals surface area contributed by atoms with Crippen LogP contribution in [0.25, 0.3) is 21.2 Å². The smallest absolute Gasteiger partial charge is 0.266 e. The quantitative estimate of drug-likeness (QED) is 0.238. The van der Waals surface area contributed by atoms with Crippen LogP contribution in [0.15, 0.2) is 66.7 Å². The fraction of sp³-hybridized carbons (Fsp3) is 0.333. The number of fused-ring (bicyclic) bond motifs is 1. The molecule has 0 aliphatic heterocycles. The molecule has 8 heteroatoms. The molecule has 41 heavy (non-hydrogen) atoms. The van der Waals surface area contributed by atoms with Gasteiger partial charge in [-0.25, -0.2) is 0 Å². The lowest BCUT2D eigenvalue weighted by Crippen LogP contribution is -2.40. The Morgan fingerprint density at radius 3 is 2.27 bits per heavy atom. The first-order chi connectivity index (χ1) is 19.9. The Morgan fingerprint density at radius 1 is 0.976 bits per heavy atom. The number of amides is 2. The average molecular weight is 592 g/mol. The fourth-order valence-corrected chi connectivity index (χ4v) is 6.83. The summed E-state index contributed by atoms with van der Waals surface area (Å²) in [6.07, 6.45) is 5.41. The third-order valence-electron chi connectivity index (χ3n) is 7.69. The van der Waals surface area contributed by atoms with Gasteiger partial charge in [-0.15, -0.1) is 11.3 Å². The molecule has 5 rings (SSSR count). The zero-order valence-corrected chi connectivity index (χ0v) is 25.7. The number of carbonyl (C=O) groups is 2. The third-order valence-corrected chi connectivity index (χ3v) is 9.35. The van der Waals surface area contributed by atoms with E-state index in [1.165, 1.54) is 24.8 Å². The number of rotatable bonds is 7. The van der Waals surface area contributed by atoms with Gasteiger partial charge >= 0.3 is 0 Å². The second-order valence-electron chi connectivity index (χ2n) is 10.1. The van der Waals surface area contributed by atoms with E-state index >= 15 is 0 Å². The van der Waals surface area contributed by atoms with E-state index in [0.717, 1.165) is 63.9 Å². The van der Waals surface area contributed by atoms with Gasteiger partial charge in [0.15, 0.2) is 0 Å². The number of ether oxygens (including phenoxy) is 1. The standard InChI is InChI=1S/C32H33ClN2O3S.CH5N/c1-21(36)34(2)25-16-13-22(14-17-25)23-15-18-28(38-3)24(19-23)20-35(26-9-5-4-6-10-26)32(37)31-30(33)27-11-7-8-12-29(27)39-31;1-2/h7-8,11-19,26H,4-6,9-10,20H2,1-3H3;2H2,1H3. The van der Waals surface area contributed by atoms with Gasteiger partial charge in [0.05, 0.1) is 12.1 Å². The minimum atomic E-state index is -0.0165. The molecule has 3 aromatic carbocycles. The molecule has 0 bridgehead atoms. The summed E-state index contributed by atoms with van der Waals surface area (Å²) in [4.78, 5) is 30.1. The number of hydrogen-bond donors (Lipinski definition) is 1. The Hall–Kier alpha value is -3.39. The molecule has 0 saturated heterocycles. The number of hydrogen-bond acceptors (Lipinski definition) is 5. The first-order valence-electron chi connectivity index (χ1n) is 13.9. The highest BCUT2D eigenvalue weighted by Gasteiger charge is 2.30. The fourth-order valence-electron chi connectivity index (χ4n) is 5.37. The van der Waals surface area contributed by atoms with Crippen LogP contribution in [0.3, 0.4) is 0 Å². The van der Waals surface area contributed by atoms with Gasteiger partial charge in [-0.1, -0.05) is 67.3 Å². The van der Waals surface area contributed by atoms with E-state index in [4.69, 9.17) is 16.3 Å². The van der Waals surface area contributed by atoms with Gasteiger partial charge in [0.25, 0.3) is 5.91 Å². The molecule has 6 nitrogen and oxygen atoms in total. The Kier molecular flexibility index (Phi) is 10.4. The molecular weight excluding hydrogens is 554 g/mol. The molecule has 2 N–H and O–H groups in total. The molecule has 1 saturated carbocycles. The molecule has 1 fully saturated rings. The van der Waals surface area contributed by atoms with Gasteiger partial charge in [-0.05, 0) is 61.3 Å². The maximum absolute atomic E-state index is 14.1. The summed E-state index contributed by atoms with van der Waals surface area (Å²) in [5.74, 6) is 0.723. The maximum atomic E-state index is 14.1. The first-order valence-corrected chi connectivity index (χ1v) is 15.1.